The quantitative estimate of drug-likeness (QED) is 0.571. The van der Waals surface area contributed by atoms with Crippen LogP contribution in [0.3, 0.4) is 0 Å². The zero-order chi connectivity index (χ0) is 19.4. The third-order valence-corrected chi connectivity index (χ3v) is 3.82. The van der Waals surface area contributed by atoms with E-state index in [1.807, 2.05) is 19.9 Å². The maximum absolute atomic E-state index is 12.4. The van der Waals surface area contributed by atoms with Gasteiger partial charge >= 0.3 is 6.03 Å². The van der Waals surface area contributed by atoms with Crippen molar-refractivity contribution in [1.82, 2.24) is 10.3 Å². The van der Waals surface area contributed by atoms with Gasteiger partial charge in [-0.3, -0.25) is 9.59 Å². The summed E-state index contributed by atoms with van der Waals surface area (Å²) in [7, 11) is 0. The average molecular weight is 364 g/mol. The lowest BCUT2D eigenvalue weighted by Crippen LogP contribution is -2.34. The maximum atomic E-state index is 12.4. The molecule has 0 aliphatic rings. The minimum atomic E-state index is -0.420. The molecule has 7 nitrogen and oxygen atoms in total. The summed E-state index contributed by atoms with van der Waals surface area (Å²) in [6.45, 7) is 3.74. The van der Waals surface area contributed by atoms with E-state index in [9.17, 15) is 14.4 Å². The molecule has 0 saturated carbocycles. The molecule has 1 aromatic heterocycles. The number of hydrogen-bond acceptors (Lipinski definition) is 3. The molecule has 1 heterocycles. The second-order valence-electron chi connectivity index (χ2n) is 6.38. The Morgan fingerprint density at radius 3 is 2.22 bits per heavy atom. The van der Waals surface area contributed by atoms with Crippen LogP contribution < -0.4 is 21.5 Å². The summed E-state index contributed by atoms with van der Waals surface area (Å²) in [6, 6.07) is 15.1. The van der Waals surface area contributed by atoms with Crippen molar-refractivity contribution in [3.63, 3.8) is 0 Å². The minimum Gasteiger partial charge on any atom is -0.336 e. The van der Waals surface area contributed by atoms with Gasteiger partial charge in [0.15, 0.2) is 0 Å². The standard InChI is InChI=1S/C20H20N4O3/c1-12(2)21-20(27)23-15-9-7-14(8-10-15)22-19(26)17-11-13-5-3-4-6-16(13)18(25)24-17/h3-12H,1-2H3,(H,22,26)(H,24,25)(H2,21,23,27). The summed E-state index contributed by atoms with van der Waals surface area (Å²) < 4.78 is 0. The predicted molar refractivity (Wildman–Crippen MR) is 106 cm³/mol. The molecule has 4 N–H and O–H groups in total. The Morgan fingerprint density at radius 2 is 1.56 bits per heavy atom. The molecule has 0 aliphatic carbocycles. The summed E-state index contributed by atoms with van der Waals surface area (Å²) in [6.07, 6.45) is 0. The van der Waals surface area contributed by atoms with Crippen LogP contribution in [-0.4, -0.2) is 23.0 Å². The molecule has 3 rings (SSSR count). The lowest BCUT2D eigenvalue weighted by molar-refractivity contribution is 0.102. The molecule has 2 aromatic carbocycles. The molecule has 27 heavy (non-hydrogen) atoms. The first-order chi connectivity index (χ1) is 12.9. The van der Waals surface area contributed by atoms with Crippen LogP contribution in [0, 0.1) is 0 Å². The van der Waals surface area contributed by atoms with E-state index in [1.54, 1.807) is 48.5 Å². The lowest BCUT2D eigenvalue weighted by Gasteiger charge is -2.11. The summed E-state index contributed by atoms with van der Waals surface area (Å²) >= 11 is 0. The van der Waals surface area contributed by atoms with Crippen molar-refractivity contribution in [3.8, 4) is 0 Å². The molecule has 0 aliphatic heterocycles. The number of nitrogens with one attached hydrogen (secondary N) is 4. The number of aromatic amines is 1. The third-order valence-electron chi connectivity index (χ3n) is 3.82. The Balaban J connectivity index is 1.71. The van der Waals surface area contributed by atoms with Crippen molar-refractivity contribution in [1.29, 1.82) is 0 Å². The average Bonchev–Trinajstić information content (AvgIpc) is 2.62. The monoisotopic (exact) mass is 364 g/mol. The van der Waals surface area contributed by atoms with Crippen molar-refractivity contribution in [2.45, 2.75) is 19.9 Å². The molecule has 0 radical (unpaired) electrons. The number of urea groups is 1. The van der Waals surface area contributed by atoms with Crippen LogP contribution >= 0.6 is 0 Å². The Labute approximate surface area is 155 Å². The normalized spacial score (nSPS) is 10.6. The molecule has 7 heteroatoms. The van der Waals surface area contributed by atoms with Crippen molar-refractivity contribution in [2.75, 3.05) is 10.6 Å². The summed E-state index contributed by atoms with van der Waals surface area (Å²) in [4.78, 5) is 38.8. The largest absolute Gasteiger partial charge is 0.336 e. The Bertz CT molecular complexity index is 1040. The fourth-order valence-corrected chi connectivity index (χ4v) is 2.60. The zero-order valence-electron chi connectivity index (χ0n) is 15.0. The van der Waals surface area contributed by atoms with E-state index in [0.29, 0.717) is 22.1 Å². The van der Waals surface area contributed by atoms with Gasteiger partial charge in [0.25, 0.3) is 11.5 Å². The predicted octanol–water partition coefficient (Wildman–Crippen LogP) is 3.31. The Morgan fingerprint density at radius 1 is 0.926 bits per heavy atom. The van der Waals surface area contributed by atoms with Crippen LogP contribution in [0.25, 0.3) is 10.8 Å². The van der Waals surface area contributed by atoms with Gasteiger partial charge in [-0.1, -0.05) is 18.2 Å². The molecular weight excluding hydrogens is 344 g/mol. The number of pyridine rings is 1. The topological polar surface area (TPSA) is 103 Å². The molecule has 3 aromatic rings. The second kappa shape index (κ2) is 7.74. The first kappa shape index (κ1) is 18.2. The highest BCUT2D eigenvalue weighted by Crippen LogP contribution is 2.15. The van der Waals surface area contributed by atoms with Crippen LogP contribution in [-0.2, 0) is 0 Å². The van der Waals surface area contributed by atoms with Crippen LogP contribution in [0.15, 0.2) is 59.4 Å². The number of carbonyl (C=O) groups is 2. The first-order valence-electron chi connectivity index (χ1n) is 8.53. The smallest absolute Gasteiger partial charge is 0.319 e. The third kappa shape index (κ3) is 4.52. The number of fused-ring (bicyclic) bond motifs is 1. The van der Waals surface area contributed by atoms with Crippen molar-refractivity contribution >= 4 is 34.1 Å². The summed E-state index contributed by atoms with van der Waals surface area (Å²) in [5.74, 6) is -0.420. The fourth-order valence-electron chi connectivity index (χ4n) is 2.60. The number of rotatable bonds is 4. The number of amides is 3. The number of anilines is 2. The van der Waals surface area contributed by atoms with Gasteiger partial charge < -0.3 is 20.9 Å². The first-order valence-corrected chi connectivity index (χ1v) is 8.53. The van der Waals surface area contributed by atoms with E-state index in [1.165, 1.54) is 0 Å². The van der Waals surface area contributed by atoms with E-state index in [-0.39, 0.29) is 23.3 Å². The van der Waals surface area contributed by atoms with Crippen molar-refractivity contribution in [2.24, 2.45) is 0 Å². The highest BCUT2D eigenvalue weighted by Gasteiger charge is 2.10. The van der Waals surface area contributed by atoms with Gasteiger partial charge in [-0.2, -0.15) is 0 Å². The number of H-pyrrole nitrogens is 1. The van der Waals surface area contributed by atoms with Gasteiger partial charge in [0.05, 0.1) is 0 Å². The lowest BCUT2D eigenvalue weighted by atomic mass is 10.1. The number of aromatic nitrogens is 1. The highest BCUT2D eigenvalue weighted by atomic mass is 16.2. The molecule has 0 spiro atoms. The van der Waals surface area contributed by atoms with Crippen molar-refractivity contribution in [3.05, 3.63) is 70.6 Å². The van der Waals surface area contributed by atoms with E-state index >= 15 is 0 Å². The van der Waals surface area contributed by atoms with Crippen LogP contribution in [0.1, 0.15) is 24.3 Å². The van der Waals surface area contributed by atoms with Crippen LogP contribution in [0.2, 0.25) is 0 Å². The molecule has 0 saturated heterocycles. The fraction of sp³-hybridized carbons (Fsp3) is 0.150. The van der Waals surface area contributed by atoms with Gasteiger partial charge in [-0.05, 0) is 55.6 Å². The van der Waals surface area contributed by atoms with Crippen LogP contribution in [0.4, 0.5) is 16.2 Å². The van der Waals surface area contributed by atoms with Crippen molar-refractivity contribution < 1.29 is 9.59 Å². The Hall–Kier alpha value is -3.61. The van der Waals surface area contributed by atoms with Gasteiger partial charge in [-0.25, -0.2) is 4.79 Å². The SMILES string of the molecule is CC(C)NC(=O)Nc1ccc(NC(=O)c2cc3ccccc3c(=O)[nH]2)cc1. The molecule has 0 unspecified atom stereocenters. The summed E-state index contributed by atoms with van der Waals surface area (Å²) in [5.41, 5.74) is 1.01. The van der Waals surface area contributed by atoms with E-state index in [2.05, 4.69) is 20.9 Å². The molecule has 138 valence electrons. The highest BCUT2D eigenvalue weighted by molar-refractivity contribution is 6.04. The zero-order valence-corrected chi connectivity index (χ0v) is 15.0. The van der Waals surface area contributed by atoms with Gasteiger partial charge in [0.2, 0.25) is 0 Å². The number of carbonyl (C=O) groups excluding carboxylic acids is 2. The van der Waals surface area contributed by atoms with E-state index in [0.717, 1.165) is 0 Å². The minimum absolute atomic E-state index is 0.0349. The molecule has 0 bridgehead atoms. The second-order valence-corrected chi connectivity index (χ2v) is 6.38. The van der Waals surface area contributed by atoms with E-state index < -0.39 is 5.91 Å². The summed E-state index contributed by atoms with van der Waals surface area (Å²) in [5, 5.41) is 9.38. The molecular formula is C20H20N4O3. The molecule has 3 amide bonds. The maximum Gasteiger partial charge on any atom is 0.319 e. The van der Waals surface area contributed by atoms with Gasteiger partial charge in [0.1, 0.15) is 5.69 Å². The van der Waals surface area contributed by atoms with E-state index in [4.69, 9.17) is 0 Å². The van der Waals surface area contributed by atoms with Gasteiger partial charge in [-0.15, -0.1) is 0 Å². The molecule has 0 fully saturated rings. The molecule has 0 atom stereocenters. The van der Waals surface area contributed by atoms with Gasteiger partial charge in [0, 0.05) is 22.8 Å². The number of hydrogen-bond donors (Lipinski definition) is 4. The van der Waals surface area contributed by atoms with Crippen LogP contribution in [0.5, 0.6) is 0 Å². The Kier molecular flexibility index (Phi) is 5.21. The number of benzene rings is 2.